The Balaban J connectivity index is 1.45. The van der Waals surface area contributed by atoms with E-state index in [1.165, 1.54) is 14.2 Å². The minimum atomic E-state index is -0.950. The molecular weight excluding hydrogens is 606 g/mol. The van der Waals surface area contributed by atoms with E-state index in [0.29, 0.717) is 50.0 Å². The highest BCUT2D eigenvalue weighted by atomic mass is 16.5. The molecule has 0 saturated heterocycles. The van der Waals surface area contributed by atoms with Crippen molar-refractivity contribution in [3.63, 3.8) is 0 Å². The summed E-state index contributed by atoms with van der Waals surface area (Å²) in [5.74, 6) is -0.0970. The zero-order chi connectivity index (χ0) is 34.0. The number of methoxy groups -OCH3 is 2. The summed E-state index contributed by atoms with van der Waals surface area (Å²) in [4.78, 5) is 18.5. The van der Waals surface area contributed by atoms with Gasteiger partial charge >= 0.3 is 0 Å². The van der Waals surface area contributed by atoms with E-state index in [2.05, 4.69) is 29.2 Å². The van der Waals surface area contributed by atoms with E-state index in [4.69, 9.17) is 9.47 Å². The molecule has 5 aromatic rings. The van der Waals surface area contributed by atoms with Crippen LogP contribution >= 0.6 is 0 Å². The second-order valence-electron chi connectivity index (χ2n) is 12.4. The molecule has 0 radical (unpaired) electrons. The first-order chi connectivity index (χ1) is 23.3. The molecule has 3 unspecified atom stereocenters. The van der Waals surface area contributed by atoms with Crippen LogP contribution in [0.3, 0.4) is 0 Å². The van der Waals surface area contributed by atoms with Crippen molar-refractivity contribution in [3.8, 4) is 23.0 Å². The number of rotatable bonds is 17. The van der Waals surface area contributed by atoms with Gasteiger partial charge in [0.2, 0.25) is 0 Å². The standard InChI is InChI=1S/C40H44NO7/c1-47-39-21-26(9-13-35(39)43)18-31(20-28-15-16-41-25-28)37(45)24-38(46)32(19-27-10-14-36(44)40(22-27)48-2)23-30-12-11-29-6-3-4-7-33(29)34(30)8-5-17-42/h3-4,6-7,9-16,21-22,25,31-32,37,42-45H,5,8,17-20,23-24H2,1-2H3/q-1. The SMILES string of the molecule is COc1cc(CC(Cc2ccc3ccccc3c2CCCO)C(=O)CC(O)C(Cc2cc[n-]c2)Cc2ccc(O)c(OC)c2)ccc1O. The van der Waals surface area contributed by atoms with Crippen LogP contribution in [0.25, 0.3) is 10.8 Å². The number of hydrogen-bond acceptors (Lipinski definition) is 7. The van der Waals surface area contributed by atoms with Gasteiger partial charge in [-0.3, -0.25) is 4.79 Å². The fourth-order valence-corrected chi connectivity index (χ4v) is 6.60. The number of phenolic OH excluding ortho intramolecular Hbond substituents is 2. The summed E-state index contributed by atoms with van der Waals surface area (Å²) in [5.41, 5.74) is 4.83. The predicted molar refractivity (Wildman–Crippen MR) is 186 cm³/mol. The molecule has 48 heavy (non-hydrogen) atoms. The molecular formula is C40H44NO7-. The summed E-state index contributed by atoms with van der Waals surface area (Å²) < 4.78 is 10.7. The van der Waals surface area contributed by atoms with Gasteiger partial charge in [0.05, 0.1) is 20.3 Å². The lowest BCUT2D eigenvalue weighted by molar-refractivity contribution is -0.125. The molecule has 8 heteroatoms. The van der Waals surface area contributed by atoms with Gasteiger partial charge in [0.1, 0.15) is 5.78 Å². The Kier molecular flexibility index (Phi) is 11.8. The first-order valence-corrected chi connectivity index (χ1v) is 16.4. The van der Waals surface area contributed by atoms with Crippen LogP contribution in [0.5, 0.6) is 23.0 Å². The van der Waals surface area contributed by atoms with Crippen LogP contribution in [0, 0.1) is 11.8 Å². The molecule has 0 spiro atoms. The summed E-state index contributed by atoms with van der Waals surface area (Å²) >= 11 is 0. The summed E-state index contributed by atoms with van der Waals surface area (Å²) in [5, 5.41) is 44.0. The maximum absolute atomic E-state index is 14.3. The minimum absolute atomic E-state index is 0.0241. The highest BCUT2D eigenvalue weighted by Crippen LogP contribution is 2.33. The van der Waals surface area contributed by atoms with Gasteiger partial charge in [-0.25, -0.2) is 0 Å². The van der Waals surface area contributed by atoms with Gasteiger partial charge < -0.3 is 34.9 Å². The molecule has 0 aliphatic heterocycles. The van der Waals surface area contributed by atoms with Gasteiger partial charge in [-0.05, 0) is 102 Å². The lowest BCUT2D eigenvalue weighted by Gasteiger charge is -2.26. The van der Waals surface area contributed by atoms with Crippen molar-refractivity contribution in [1.29, 1.82) is 0 Å². The number of ether oxygens (including phenoxy) is 2. The van der Waals surface area contributed by atoms with Gasteiger partial charge in [-0.15, -0.1) is 0 Å². The van der Waals surface area contributed by atoms with Crippen molar-refractivity contribution in [2.24, 2.45) is 11.8 Å². The molecule has 5 rings (SSSR count). The van der Waals surface area contributed by atoms with Gasteiger partial charge in [0, 0.05) is 18.9 Å². The Morgan fingerprint density at radius 1 is 0.792 bits per heavy atom. The van der Waals surface area contributed by atoms with Crippen molar-refractivity contribution in [3.05, 3.63) is 119 Å². The van der Waals surface area contributed by atoms with E-state index < -0.39 is 12.0 Å². The van der Waals surface area contributed by atoms with E-state index in [9.17, 15) is 25.2 Å². The molecule has 1 aromatic heterocycles. The average molecular weight is 651 g/mol. The molecule has 0 amide bonds. The van der Waals surface area contributed by atoms with Crippen molar-refractivity contribution in [2.75, 3.05) is 20.8 Å². The van der Waals surface area contributed by atoms with Gasteiger partial charge in [-0.2, -0.15) is 12.4 Å². The summed E-state index contributed by atoms with van der Waals surface area (Å²) in [7, 11) is 2.99. The van der Waals surface area contributed by atoms with Crippen molar-refractivity contribution < 1.29 is 34.7 Å². The maximum atomic E-state index is 14.3. The topological polar surface area (TPSA) is 131 Å². The van der Waals surface area contributed by atoms with Crippen molar-refractivity contribution in [1.82, 2.24) is 4.98 Å². The number of Topliss-reactive ketones (excluding diaryl/α,β-unsaturated/α-hetero) is 1. The molecule has 0 bridgehead atoms. The van der Waals surface area contributed by atoms with E-state index in [1.54, 1.807) is 48.8 Å². The molecule has 0 fully saturated rings. The molecule has 252 valence electrons. The third-order valence-corrected chi connectivity index (χ3v) is 9.18. The smallest absolute Gasteiger partial charge is 0.160 e. The van der Waals surface area contributed by atoms with Crippen LogP contribution in [0.4, 0.5) is 0 Å². The van der Waals surface area contributed by atoms with E-state index in [0.717, 1.165) is 38.6 Å². The second kappa shape index (κ2) is 16.4. The number of nitrogens with zero attached hydrogens (tertiary/aromatic N) is 1. The van der Waals surface area contributed by atoms with Crippen LogP contribution in [-0.2, 0) is 36.9 Å². The Morgan fingerprint density at radius 3 is 2.10 bits per heavy atom. The predicted octanol–water partition coefficient (Wildman–Crippen LogP) is 5.97. The van der Waals surface area contributed by atoms with Crippen LogP contribution in [0.1, 0.15) is 40.7 Å². The summed E-state index contributed by atoms with van der Waals surface area (Å²) in [6.07, 6.45) is 5.60. The molecule has 4 N–H and O–H groups in total. The normalized spacial score (nSPS) is 13.2. The molecule has 4 aromatic carbocycles. The zero-order valence-corrected chi connectivity index (χ0v) is 27.5. The van der Waals surface area contributed by atoms with Crippen LogP contribution < -0.4 is 14.5 Å². The minimum Gasteiger partial charge on any atom is -0.670 e. The Labute approximate surface area is 281 Å². The average Bonchev–Trinajstić information content (AvgIpc) is 3.61. The van der Waals surface area contributed by atoms with Crippen LogP contribution in [0.15, 0.2) is 91.3 Å². The number of benzene rings is 4. The maximum Gasteiger partial charge on any atom is 0.160 e. The number of carbonyl (C=O) groups is 1. The van der Waals surface area contributed by atoms with Crippen LogP contribution in [0.2, 0.25) is 0 Å². The quantitative estimate of drug-likeness (QED) is 0.0968. The number of hydrogen-bond donors (Lipinski definition) is 4. The number of aliphatic hydroxyl groups excluding tert-OH is 2. The Morgan fingerprint density at radius 2 is 1.46 bits per heavy atom. The molecule has 3 atom stereocenters. The number of carbonyl (C=O) groups excluding carboxylic acids is 1. The molecule has 0 aliphatic rings. The number of aryl methyl sites for hydroxylation is 1. The number of aromatic hydroxyl groups is 2. The number of phenols is 2. The molecule has 0 aliphatic carbocycles. The zero-order valence-electron chi connectivity index (χ0n) is 27.5. The van der Waals surface area contributed by atoms with Crippen LogP contribution in [-0.4, -0.2) is 53.1 Å². The van der Waals surface area contributed by atoms with Gasteiger partial charge in [0.25, 0.3) is 0 Å². The Hall–Kier alpha value is -4.79. The molecule has 0 saturated carbocycles. The lowest BCUT2D eigenvalue weighted by Crippen LogP contribution is -2.31. The largest absolute Gasteiger partial charge is 0.670 e. The van der Waals surface area contributed by atoms with Gasteiger partial charge in [-0.1, -0.05) is 60.2 Å². The third-order valence-electron chi connectivity index (χ3n) is 9.18. The monoisotopic (exact) mass is 650 g/mol. The first kappa shape index (κ1) is 34.5. The number of ketones is 1. The van der Waals surface area contributed by atoms with Gasteiger partial charge in [0.15, 0.2) is 23.0 Å². The molecule has 8 nitrogen and oxygen atoms in total. The van der Waals surface area contributed by atoms with E-state index in [1.807, 2.05) is 18.2 Å². The van der Waals surface area contributed by atoms with E-state index in [-0.39, 0.29) is 36.2 Å². The fraction of sp³-hybridized carbons (Fsp3) is 0.325. The van der Waals surface area contributed by atoms with E-state index >= 15 is 0 Å². The number of aromatic nitrogens is 1. The Bertz CT molecular complexity index is 1800. The highest BCUT2D eigenvalue weighted by Gasteiger charge is 2.28. The van der Waals surface area contributed by atoms with Crippen molar-refractivity contribution in [2.45, 2.75) is 51.0 Å². The molecule has 1 heterocycles. The summed E-state index contributed by atoms with van der Waals surface area (Å²) in [6.45, 7) is 0.0672. The first-order valence-electron chi connectivity index (χ1n) is 16.4. The highest BCUT2D eigenvalue weighted by molar-refractivity contribution is 5.87. The number of aliphatic hydroxyl groups is 2. The summed E-state index contributed by atoms with van der Waals surface area (Å²) in [6, 6.07) is 24.5. The number of fused-ring (bicyclic) bond motifs is 1. The third kappa shape index (κ3) is 8.56. The lowest BCUT2D eigenvalue weighted by atomic mass is 9.81. The second-order valence-corrected chi connectivity index (χ2v) is 12.4. The van der Waals surface area contributed by atoms with Crippen molar-refractivity contribution >= 4 is 16.6 Å². The fourth-order valence-electron chi connectivity index (χ4n) is 6.60.